The fourth-order valence-corrected chi connectivity index (χ4v) is 2.32. The Labute approximate surface area is 147 Å². The normalized spacial score (nSPS) is 11.2. The summed E-state index contributed by atoms with van der Waals surface area (Å²) in [7, 11) is 0. The summed E-state index contributed by atoms with van der Waals surface area (Å²) in [5.41, 5.74) is 1.49. The lowest BCUT2D eigenvalue weighted by molar-refractivity contribution is 0.104. The topological polar surface area (TPSA) is 44.1 Å². The minimum Gasteiger partial charge on any atom is -0.457 e. The Morgan fingerprint density at radius 2 is 1.84 bits per heavy atom. The first kappa shape index (κ1) is 16.7. The van der Waals surface area contributed by atoms with Gasteiger partial charge < -0.3 is 4.74 Å². The Hall–Kier alpha value is -3.14. The van der Waals surface area contributed by atoms with Crippen molar-refractivity contribution in [3.63, 3.8) is 0 Å². The van der Waals surface area contributed by atoms with Crippen molar-refractivity contribution in [2.75, 3.05) is 0 Å². The number of rotatable bonds is 6. The van der Waals surface area contributed by atoms with Crippen molar-refractivity contribution < 1.29 is 9.53 Å². The second kappa shape index (κ2) is 7.62. The van der Waals surface area contributed by atoms with Crippen LogP contribution in [0.4, 0.5) is 0 Å². The SMILES string of the molecule is CC(C)n1cc(C(=O)/C=C/c2cccc(Oc3ccccc3)c2)cn1. The first-order valence-corrected chi connectivity index (χ1v) is 8.21. The summed E-state index contributed by atoms with van der Waals surface area (Å²) in [4.78, 5) is 12.3. The number of carbonyl (C=O) groups excluding carboxylic acids is 1. The van der Waals surface area contributed by atoms with Gasteiger partial charge in [0.25, 0.3) is 0 Å². The van der Waals surface area contributed by atoms with E-state index in [1.807, 2.05) is 68.4 Å². The van der Waals surface area contributed by atoms with Gasteiger partial charge in [-0.15, -0.1) is 0 Å². The zero-order valence-corrected chi connectivity index (χ0v) is 14.3. The summed E-state index contributed by atoms with van der Waals surface area (Å²) in [6.45, 7) is 4.05. The number of nitrogens with zero attached hydrogens (tertiary/aromatic N) is 2. The van der Waals surface area contributed by atoms with Gasteiger partial charge in [-0.2, -0.15) is 5.10 Å². The monoisotopic (exact) mass is 332 g/mol. The maximum absolute atomic E-state index is 12.3. The molecular weight excluding hydrogens is 312 g/mol. The molecule has 0 N–H and O–H groups in total. The van der Waals surface area contributed by atoms with E-state index in [4.69, 9.17) is 4.74 Å². The van der Waals surface area contributed by atoms with Gasteiger partial charge in [0.1, 0.15) is 11.5 Å². The lowest BCUT2D eigenvalue weighted by atomic mass is 10.1. The van der Waals surface area contributed by atoms with E-state index < -0.39 is 0 Å². The van der Waals surface area contributed by atoms with Crippen molar-refractivity contribution in [3.8, 4) is 11.5 Å². The fraction of sp³-hybridized carbons (Fsp3) is 0.143. The predicted molar refractivity (Wildman–Crippen MR) is 98.9 cm³/mol. The number of ether oxygens (including phenoxy) is 1. The highest BCUT2D eigenvalue weighted by atomic mass is 16.5. The molecule has 0 atom stereocenters. The van der Waals surface area contributed by atoms with Crippen molar-refractivity contribution >= 4 is 11.9 Å². The van der Waals surface area contributed by atoms with Crippen molar-refractivity contribution in [2.24, 2.45) is 0 Å². The smallest absolute Gasteiger partial charge is 0.189 e. The van der Waals surface area contributed by atoms with Crippen LogP contribution in [0, 0.1) is 0 Å². The Morgan fingerprint density at radius 1 is 1.08 bits per heavy atom. The molecule has 0 fully saturated rings. The molecule has 0 bridgehead atoms. The summed E-state index contributed by atoms with van der Waals surface area (Å²) >= 11 is 0. The Kier molecular flexibility index (Phi) is 5.09. The van der Waals surface area contributed by atoms with Crippen LogP contribution in [0.15, 0.2) is 73.1 Å². The lowest BCUT2D eigenvalue weighted by Gasteiger charge is -2.05. The number of para-hydroxylation sites is 1. The van der Waals surface area contributed by atoms with Gasteiger partial charge in [0.2, 0.25) is 0 Å². The van der Waals surface area contributed by atoms with Gasteiger partial charge in [0.05, 0.1) is 11.8 Å². The molecule has 0 spiro atoms. The molecule has 4 nitrogen and oxygen atoms in total. The first-order valence-electron chi connectivity index (χ1n) is 8.21. The molecule has 0 aliphatic rings. The van der Waals surface area contributed by atoms with Gasteiger partial charge in [-0.05, 0) is 49.8 Å². The van der Waals surface area contributed by atoms with Crippen LogP contribution in [0.25, 0.3) is 6.08 Å². The van der Waals surface area contributed by atoms with Crippen LogP contribution >= 0.6 is 0 Å². The van der Waals surface area contributed by atoms with E-state index in [0.29, 0.717) is 5.56 Å². The van der Waals surface area contributed by atoms with Crippen LogP contribution in [-0.2, 0) is 0 Å². The molecule has 0 aliphatic carbocycles. The standard InChI is InChI=1S/C21H20N2O2/c1-16(2)23-15-18(14-22-23)21(24)12-11-17-7-6-10-20(13-17)25-19-8-4-3-5-9-19/h3-16H,1-2H3/b12-11+. The molecular formula is C21H20N2O2. The first-order chi connectivity index (χ1) is 12.1. The molecule has 0 aliphatic heterocycles. The van der Waals surface area contributed by atoms with Crippen molar-refractivity contribution in [1.82, 2.24) is 9.78 Å². The van der Waals surface area contributed by atoms with E-state index in [-0.39, 0.29) is 11.8 Å². The summed E-state index contributed by atoms with van der Waals surface area (Å²) in [5.74, 6) is 1.44. The molecule has 4 heteroatoms. The Morgan fingerprint density at radius 3 is 2.56 bits per heavy atom. The van der Waals surface area contributed by atoms with Gasteiger partial charge in [-0.3, -0.25) is 9.48 Å². The highest BCUT2D eigenvalue weighted by Gasteiger charge is 2.07. The maximum atomic E-state index is 12.3. The summed E-state index contributed by atoms with van der Waals surface area (Å²) in [6, 6.07) is 17.4. The molecule has 0 saturated carbocycles. The number of benzene rings is 2. The summed E-state index contributed by atoms with van der Waals surface area (Å²) in [6.07, 6.45) is 6.71. The number of hydrogen-bond acceptors (Lipinski definition) is 3. The molecule has 126 valence electrons. The molecule has 1 heterocycles. The quantitative estimate of drug-likeness (QED) is 0.463. The highest BCUT2D eigenvalue weighted by Crippen LogP contribution is 2.22. The predicted octanol–water partition coefficient (Wildman–Crippen LogP) is 5.15. The van der Waals surface area contributed by atoms with Crippen LogP contribution < -0.4 is 4.74 Å². The second-order valence-corrected chi connectivity index (χ2v) is 5.99. The molecule has 2 aromatic carbocycles. The van der Waals surface area contributed by atoms with Crippen molar-refractivity contribution in [1.29, 1.82) is 0 Å². The average Bonchev–Trinajstić information content (AvgIpc) is 3.11. The minimum atomic E-state index is -0.0683. The minimum absolute atomic E-state index is 0.0683. The van der Waals surface area contributed by atoms with Gasteiger partial charge in [-0.25, -0.2) is 0 Å². The third-order valence-electron chi connectivity index (χ3n) is 3.68. The van der Waals surface area contributed by atoms with Gasteiger partial charge >= 0.3 is 0 Å². The van der Waals surface area contributed by atoms with Crippen molar-refractivity contribution in [3.05, 3.63) is 84.2 Å². The number of aromatic nitrogens is 2. The fourth-order valence-electron chi connectivity index (χ4n) is 2.32. The zero-order valence-electron chi connectivity index (χ0n) is 14.3. The third-order valence-corrected chi connectivity index (χ3v) is 3.68. The van der Waals surface area contributed by atoms with Crippen LogP contribution in [0.3, 0.4) is 0 Å². The van der Waals surface area contributed by atoms with E-state index in [1.54, 1.807) is 29.2 Å². The molecule has 3 rings (SSSR count). The lowest BCUT2D eigenvalue weighted by Crippen LogP contribution is -2.00. The van der Waals surface area contributed by atoms with E-state index >= 15 is 0 Å². The summed E-state index contributed by atoms with van der Waals surface area (Å²) < 4.78 is 7.58. The van der Waals surface area contributed by atoms with E-state index in [2.05, 4.69) is 5.10 Å². The van der Waals surface area contributed by atoms with Crippen LogP contribution in [0.1, 0.15) is 35.8 Å². The van der Waals surface area contributed by atoms with E-state index in [9.17, 15) is 4.79 Å². The highest BCUT2D eigenvalue weighted by molar-refractivity contribution is 6.06. The van der Waals surface area contributed by atoms with Crippen LogP contribution in [-0.4, -0.2) is 15.6 Å². The molecule has 0 unspecified atom stereocenters. The number of carbonyl (C=O) groups is 1. The summed E-state index contributed by atoms with van der Waals surface area (Å²) in [5, 5.41) is 4.19. The molecule has 25 heavy (non-hydrogen) atoms. The Bertz CT molecular complexity index is 880. The molecule has 0 saturated heterocycles. The molecule has 1 aromatic heterocycles. The van der Waals surface area contributed by atoms with E-state index in [1.165, 1.54) is 0 Å². The van der Waals surface area contributed by atoms with Gasteiger partial charge in [-0.1, -0.05) is 36.4 Å². The second-order valence-electron chi connectivity index (χ2n) is 5.99. The third kappa shape index (κ3) is 4.44. The van der Waals surface area contributed by atoms with Crippen LogP contribution in [0.2, 0.25) is 0 Å². The van der Waals surface area contributed by atoms with Crippen molar-refractivity contribution in [2.45, 2.75) is 19.9 Å². The number of hydrogen-bond donors (Lipinski definition) is 0. The number of allylic oxidation sites excluding steroid dienone is 1. The van der Waals surface area contributed by atoms with Gasteiger partial charge in [0.15, 0.2) is 5.78 Å². The maximum Gasteiger partial charge on any atom is 0.189 e. The Balaban J connectivity index is 1.70. The molecule has 3 aromatic rings. The molecule has 0 amide bonds. The largest absolute Gasteiger partial charge is 0.457 e. The zero-order chi connectivity index (χ0) is 17.6. The number of ketones is 1. The van der Waals surface area contributed by atoms with Gasteiger partial charge in [0, 0.05) is 12.2 Å². The van der Waals surface area contributed by atoms with E-state index in [0.717, 1.165) is 17.1 Å². The van der Waals surface area contributed by atoms with Crippen LogP contribution in [0.5, 0.6) is 11.5 Å². The molecule has 0 radical (unpaired) electrons. The average molecular weight is 332 g/mol.